The van der Waals surface area contributed by atoms with E-state index < -0.39 is 20.1 Å². The largest absolute Gasteiger partial charge is 0.394 e. The van der Waals surface area contributed by atoms with E-state index >= 15 is 0 Å². The number of hydroxylamine groups is 1. The summed E-state index contributed by atoms with van der Waals surface area (Å²) >= 11 is 0. The maximum Gasteiger partial charge on any atom is 0.294 e. The number of benzene rings is 1. The van der Waals surface area contributed by atoms with E-state index in [1.54, 1.807) is 0 Å². The summed E-state index contributed by atoms with van der Waals surface area (Å²) in [5.74, 6) is -0.352. The molecule has 6 N–H and O–H groups in total. The molecule has 0 aliphatic carbocycles. The van der Waals surface area contributed by atoms with E-state index in [4.69, 9.17) is 9.66 Å². The van der Waals surface area contributed by atoms with Crippen LogP contribution >= 0.6 is 0 Å². The molecule has 0 amide bonds. The second-order valence-corrected chi connectivity index (χ2v) is 9.11. The smallest absolute Gasteiger partial charge is 0.294 e. The molecule has 14 nitrogen and oxygen atoms in total. The minimum Gasteiger partial charge on any atom is -0.394 e. The highest BCUT2D eigenvalue weighted by Gasteiger charge is 2.14. The number of sulfonamides is 1. The molecule has 0 saturated carbocycles. The highest BCUT2D eigenvalue weighted by Crippen LogP contribution is 2.20. The Balaban J connectivity index is 2.26. The van der Waals surface area contributed by atoms with Gasteiger partial charge >= 0.3 is 0 Å². The van der Waals surface area contributed by atoms with Crippen molar-refractivity contribution in [3.63, 3.8) is 0 Å². The maximum atomic E-state index is 11.3. The van der Waals surface area contributed by atoms with E-state index in [9.17, 15) is 22.0 Å². The van der Waals surface area contributed by atoms with Gasteiger partial charge in [-0.1, -0.05) is 6.07 Å². The van der Waals surface area contributed by atoms with Crippen molar-refractivity contribution >= 4 is 43.7 Å². The molecule has 1 aromatic heterocycles. The van der Waals surface area contributed by atoms with Crippen molar-refractivity contribution in [2.45, 2.75) is 4.90 Å². The van der Waals surface area contributed by atoms with Gasteiger partial charge in [0.15, 0.2) is 0 Å². The SMILES string of the molecule is CS(=O)(=O)NCCNc1nc(Nc2cccc(S(=O)(=O)O)c2)nc(N(O)CCO)n1. The lowest BCUT2D eigenvalue weighted by Crippen LogP contribution is -2.29. The Morgan fingerprint density at radius 2 is 1.77 bits per heavy atom. The summed E-state index contributed by atoms with van der Waals surface area (Å²) in [6.07, 6.45) is 1.01. The van der Waals surface area contributed by atoms with Gasteiger partial charge in [0.1, 0.15) is 0 Å². The molecule has 0 aliphatic rings. The summed E-state index contributed by atoms with van der Waals surface area (Å²) in [4.78, 5) is 11.6. The fourth-order valence-electron chi connectivity index (χ4n) is 2.08. The summed E-state index contributed by atoms with van der Waals surface area (Å²) in [5, 5.41) is 24.9. The topological polar surface area (TPSA) is 207 Å². The standard InChI is InChI=1S/C14H21N7O7S2/c1-29(24,25)16-6-5-15-12-18-13(20-14(19-12)21(23)7-8-22)17-10-3-2-4-11(9-10)30(26,27)28/h2-4,9,16,22-23H,5-8H2,1H3,(H,26,27,28)(H2,15,17,18,19,20). The predicted octanol–water partition coefficient (Wildman–Crippen LogP) is -0.989. The van der Waals surface area contributed by atoms with Crippen LogP contribution in [0.25, 0.3) is 0 Å². The molecular formula is C14H21N7O7S2. The van der Waals surface area contributed by atoms with Crippen LogP contribution in [0.3, 0.4) is 0 Å². The van der Waals surface area contributed by atoms with Gasteiger partial charge in [0, 0.05) is 18.8 Å². The predicted molar refractivity (Wildman–Crippen MR) is 107 cm³/mol. The van der Waals surface area contributed by atoms with E-state index in [1.807, 2.05) is 0 Å². The van der Waals surface area contributed by atoms with Gasteiger partial charge in [-0.25, -0.2) is 18.2 Å². The molecule has 0 bridgehead atoms. The normalized spacial score (nSPS) is 11.9. The van der Waals surface area contributed by atoms with Gasteiger partial charge in [-0.2, -0.15) is 23.4 Å². The first-order chi connectivity index (χ1) is 14.0. The number of aromatic nitrogens is 3. The highest BCUT2D eigenvalue weighted by atomic mass is 32.2. The zero-order valence-electron chi connectivity index (χ0n) is 15.7. The van der Waals surface area contributed by atoms with Crippen LogP contribution in [0.15, 0.2) is 29.2 Å². The molecule has 16 heteroatoms. The Morgan fingerprint density at radius 1 is 1.07 bits per heavy atom. The third-order valence-electron chi connectivity index (χ3n) is 3.33. The van der Waals surface area contributed by atoms with E-state index in [0.717, 1.165) is 12.3 Å². The summed E-state index contributed by atoms with van der Waals surface area (Å²) < 4.78 is 56.2. The van der Waals surface area contributed by atoms with Crippen LogP contribution in [0.4, 0.5) is 23.5 Å². The molecular weight excluding hydrogens is 442 g/mol. The van der Waals surface area contributed by atoms with Crippen LogP contribution in [-0.4, -0.2) is 79.2 Å². The van der Waals surface area contributed by atoms with Crippen LogP contribution in [0.2, 0.25) is 0 Å². The number of nitrogens with one attached hydrogen (secondary N) is 3. The third-order valence-corrected chi connectivity index (χ3v) is 4.90. The molecule has 1 heterocycles. The molecule has 0 unspecified atom stereocenters. The third kappa shape index (κ3) is 7.65. The number of rotatable bonds is 11. The molecule has 0 spiro atoms. The maximum absolute atomic E-state index is 11.3. The van der Waals surface area contributed by atoms with Crippen LogP contribution in [-0.2, 0) is 20.1 Å². The number of anilines is 4. The van der Waals surface area contributed by atoms with Gasteiger partial charge in [-0.3, -0.25) is 9.76 Å². The Kier molecular flexibility index (Phi) is 7.82. The first kappa shape index (κ1) is 23.6. The van der Waals surface area contributed by atoms with Gasteiger partial charge in [-0.05, 0) is 18.2 Å². The van der Waals surface area contributed by atoms with Crippen LogP contribution in [0.5, 0.6) is 0 Å². The summed E-state index contributed by atoms with van der Waals surface area (Å²) in [5.41, 5.74) is 0.221. The number of aliphatic hydroxyl groups excluding tert-OH is 1. The minimum absolute atomic E-state index is 0.0271. The Morgan fingerprint density at radius 3 is 2.40 bits per heavy atom. The van der Waals surface area contributed by atoms with E-state index in [0.29, 0.717) is 5.06 Å². The lowest BCUT2D eigenvalue weighted by molar-refractivity contribution is 0.205. The van der Waals surface area contributed by atoms with Crippen molar-refractivity contribution in [1.29, 1.82) is 0 Å². The minimum atomic E-state index is -4.42. The number of aliphatic hydroxyl groups is 1. The van der Waals surface area contributed by atoms with Gasteiger partial charge < -0.3 is 15.7 Å². The van der Waals surface area contributed by atoms with Gasteiger partial charge in [-0.15, -0.1) is 0 Å². The zero-order chi connectivity index (χ0) is 22.4. The van der Waals surface area contributed by atoms with Crippen LogP contribution < -0.4 is 20.4 Å². The number of nitrogens with zero attached hydrogens (tertiary/aromatic N) is 4. The van der Waals surface area contributed by atoms with Crippen LogP contribution in [0.1, 0.15) is 0 Å². The molecule has 0 atom stereocenters. The zero-order valence-corrected chi connectivity index (χ0v) is 17.4. The van der Waals surface area contributed by atoms with Crippen molar-refractivity contribution in [2.24, 2.45) is 0 Å². The molecule has 0 saturated heterocycles. The van der Waals surface area contributed by atoms with Crippen molar-refractivity contribution in [3.8, 4) is 0 Å². The van der Waals surface area contributed by atoms with E-state index in [2.05, 4.69) is 30.3 Å². The monoisotopic (exact) mass is 463 g/mol. The summed E-state index contributed by atoms with van der Waals surface area (Å²) in [7, 11) is -7.79. The molecule has 0 fully saturated rings. The van der Waals surface area contributed by atoms with E-state index in [1.165, 1.54) is 18.2 Å². The lowest BCUT2D eigenvalue weighted by atomic mass is 10.3. The first-order valence-electron chi connectivity index (χ1n) is 8.34. The average Bonchev–Trinajstić information content (AvgIpc) is 2.64. The van der Waals surface area contributed by atoms with Gasteiger partial charge in [0.25, 0.3) is 16.1 Å². The molecule has 2 aromatic rings. The molecule has 166 valence electrons. The Bertz CT molecular complexity index is 1080. The Hall–Kier alpha value is -2.63. The van der Waals surface area contributed by atoms with Crippen molar-refractivity contribution < 1.29 is 31.7 Å². The van der Waals surface area contributed by atoms with Crippen molar-refractivity contribution in [1.82, 2.24) is 19.7 Å². The molecule has 0 radical (unpaired) electrons. The highest BCUT2D eigenvalue weighted by molar-refractivity contribution is 7.88. The second-order valence-electron chi connectivity index (χ2n) is 5.85. The quantitative estimate of drug-likeness (QED) is 0.135. The van der Waals surface area contributed by atoms with Crippen molar-refractivity contribution in [3.05, 3.63) is 24.3 Å². The molecule has 0 aliphatic heterocycles. The van der Waals surface area contributed by atoms with E-state index in [-0.39, 0.29) is 54.7 Å². The molecule has 1 aromatic carbocycles. The molecule has 30 heavy (non-hydrogen) atoms. The number of hydrogen-bond acceptors (Lipinski definition) is 12. The second kappa shape index (κ2) is 9.92. The average molecular weight is 463 g/mol. The fourth-order valence-corrected chi connectivity index (χ4v) is 3.08. The van der Waals surface area contributed by atoms with Gasteiger partial charge in [0.2, 0.25) is 21.9 Å². The Labute approximate surface area is 172 Å². The summed E-state index contributed by atoms with van der Waals surface area (Å²) in [6.45, 7) is -0.433. The molecule has 2 rings (SSSR count). The van der Waals surface area contributed by atoms with Crippen molar-refractivity contribution in [2.75, 3.05) is 48.2 Å². The lowest BCUT2D eigenvalue weighted by Gasteiger charge is -2.16. The number of hydrogen-bond donors (Lipinski definition) is 6. The first-order valence-corrected chi connectivity index (χ1v) is 11.7. The van der Waals surface area contributed by atoms with Crippen LogP contribution in [0, 0.1) is 0 Å². The fraction of sp³-hybridized carbons (Fsp3) is 0.357. The summed E-state index contributed by atoms with van der Waals surface area (Å²) in [6, 6.07) is 5.21. The van der Waals surface area contributed by atoms with Gasteiger partial charge in [0.05, 0.1) is 24.3 Å².